The third kappa shape index (κ3) is 6.92. The Morgan fingerprint density at radius 1 is 0.739 bits per heavy atom. The first kappa shape index (κ1) is 18.6. The van der Waals surface area contributed by atoms with Crippen LogP contribution in [0.2, 0.25) is 0 Å². The van der Waals surface area contributed by atoms with Crippen molar-refractivity contribution in [1.82, 2.24) is 0 Å². The Bertz CT molecular complexity index is 601. The van der Waals surface area contributed by atoms with Crippen LogP contribution in [0.5, 0.6) is 5.75 Å². The Labute approximate surface area is 138 Å². The second kappa shape index (κ2) is 10.3. The third-order valence-electron chi connectivity index (χ3n) is 3.24. The minimum Gasteiger partial charge on any atom is -0.508 e. The van der Waals surface area contributed by atoms with E-state index in [9.17, 15) is 9.59 Å². The van der Waals surface area contributed by atoms with Crippen LogP contribution in [0.3, 0.4) is 0 Å². The zero-order chi connectivity index (χ0) is 17.1. The maximum absolute atomic E-state index is 11.3. The molecule has 3 heteroatoms. The molecular formula is C20H24O3. The normalized spacial score (nSPS) is 9.65. The Balaban J connectivity index is 0.000000231. The minimum atomic E-state index is 0.137. The monoisotopic (exact) mass is 312 g/mol. The standard InChI is InChI=1S/C10H12O2.C10H12O/c1-2-3-10(12)8-4-6-9(11)7-5-8;1-2-6-10(11)9-7-4-3-5-8-9/h4-7,11H,2-3H2,1H3;3-5,7-8H,2,6H2,1H3. The van der Waals surface area contributed by atoms with Crippen LogP contribution in [-0.2, 0) is 0 Å². The summed E-state index contributed by atoms with van der Waals surface area (Å²) in [4.78, 5) is 22.5. The minimum absolute atomic E-state index is 0.137. The Hall–Kier alpha value is -2.42. The summed E-state index contributed by atoms with van der Waals surface area (Å²) in [5.74, 6) is 0.577. The van der Waals surface area contributed by atoms with Crippen molar-refractivity contribution < 1.29 is 14.7 Å². The van der Waals surface area contributed by atoms with Crippen LogP contribution < -0.4 is 0 Å². The number of Topliss-reactive ketones (excluding diaryl/α,β-unsaturated/α-hetero) is 2. The fraction of sp³-hybridized carbons (Fsp3) is 0.300. The maximum atomic E-state index is 11.3. The molecule has 0 saturated carbocycles. The second-order valence-electron chi connectivity index (χ2n) is 5.26. The van der Waals surface area contributed by atoms with Gasteiger partial charge in [0.25, 0.3) is 0 Å². The molecule has 0 spiro atoms. The third-order valence-corrected chi connectivity index (χ3v) is 3.24. The zero-order valence-corrected chi connectivity index (χ0v) is 13.8. The number of hydrogen-bond donors (Lipinski definition) is 1. The average Bonchev–Trinajstić information content (AvgIpc) is 2.57. The highest BCUT2D eigenvalue weighted by Crippen LogP contribution is 2.11. The van der Waals surface area contributed by atoms with Gasteiger partial charge in [0.1, 0.15) is 5.75 Å². The van der Waals surface area contributed by atoms with Crippen LogP contribution in [0.15, 0.2) is 54.6 Å². The average molecular weight is 312 g/mol. The van der Waals surface area contributed by atoms with Gasteiger partial charge in [0, 0.05) is 24.0 Å². The van der Waals surface area contributed by atoms with Gasteiger partial charge >= 0.3 is 0 Å². The number of carbonyl (C=O) groups excluding carboxylic acids is 2. The summed E-state index contributed by atoms with van der Waals surface area (Å²) in [5, 5.41) is 8.96. The molecule has 2 rings (SSSR count). The molecule has 0 fully saturated rings. The zero-order valence-electron chi connectivity index (χ0n) is 13.8. The highest BCUT2D eigenvalue weighted by atomic mass is 16.3. The van der Waals surface area contributed by atoms with Crippen molar-refractivity contribution in [1.29, 1.82) is 0 Å². The number of rotatable bonds is 6. The van der Waals surface area contributed by atoms with Crippen LogP contribution in [0, 0.1) is 0 Å². The van der Waals surface area contributed by atoms with Gasteiger partial charge in [-0.05, 0) is 37.1 Å². The van der Waals surface area contributed by atoms with Crippen molar-refractivity contribution in [3.63, 3.8) is 0 Å². The van der Waals surface area contributed by atoms with Crippen LogP contribution in [0.1, 0.15) is 60.2 Å². The SMILES string of the molecule is CCCC(=O)c1ccc(O)cc1.CCCC(=O)c1ccccc1. The molecule has 0 aliphatic rings. The summed E-state index contributed by atoms with van der Waals surface area (Å²) in [6.07, 6.45) is 3.02. The number of ketones is 2. The highest BCUT2D eigenvalue weighted by Gasteiger charge is 2.03. The lowest BCUT2D eigenvalue weighted by atomic mass is 10.1. The van der Waals surface area contributed by atoms with Crippen LogP contribution in [0.4, 0.5) is 0 Å². The first-order chi connectivity index (χ1) is 11.1. The number of aromatic hydroxyl groups is 1. The predicted octanol–water partition coefficient (Wildman–Crippen LogP) is 5.04. The van der Waals surface area contributed by atoms with Crippen molar-refractivity contribution >= 4 is 11.6 Å². The summed E-state index contributed by atoms with van der Waals surface area (Å²) in [6, 6.07) is 15.8. The number of carbonyl (C=O) groups is 2. The van der Waals surface area contributed by atoms with E-state index in [1.807, 2.05) is 44.2 Å². The molecule has 122 valence electrons. The molecule has 0 aliphatic carbocycles. The molecule has 0 heterocycles. The Kier molecular flexibility index (Phi) is 8.37. The summed E-state index contributed by atoms with van der Waals surface area (Å²) in [6.45, 7) is 3.99. The van der Waals surface area contributed by atoms with Gasteiger partial charge in [0.05, 0.1) is 0 Å². The molecule has 0 bridgehead atoms. The van der Waals surface area contributed by atoms with Gasteiger partial charge in [-0.2, -0.15) is 0 Å². The summed E-state index contributed by atoms with van der Waals surface area (Å²) in [7, 11) is 0. The summed E-state index contributed by atoms with van der Waals surface area (Å²) in [5.41, 5.74) is 1.50. The Morgan fingerprint density at radius 2 is 1.17 bits per heavy atom. The molecular weight excluding hydrogens is 288 g/mol. The van der Waals surface area contributed by atoms with Gasteiger partial charge in [0.15, 0.2) is 11.6 Å². The van der Waals surface area contributed by atoms with Crippen molar-refractivity contribution in [2.75, 3.05) is 0 Å². The quantitative estimate of drug-likeness (QED) is 0.760. The molecule has 0 saturated heterocycles. The number of hydrogen-bond acceptors (Lipinski definition) is 3. The van der Waals surface area contributed by atoms with Gasteiger partial charge in [-0.25, -0.2) is 0 Å². The molecule has 23 heavy (non-hydrogen) atoms. The predicted molar refractivity (Wildman–Crippen MR) is 93.0 cm³/mol. The fourth-order valence-corrected chi connectivity index (χ4v) is 2.01. The van der Waals surface area contributed by atoms with Crippen molar-refractivity contribution in [3.05, 3.63) is 65.7 Å². The van der Waals surface area contributed by atoms with E-state index in [-0.39, 0.29) is 17.3 Å². The van der Waals surface area contributed by atoms with Crippen LogP contribution >= 0.6 is 0 Å². The topological polar surface area (TPSA) is 54.4 Å². The number of phenolic OH excluding ortho intramolecular Hbond substituents is 1. The summed E-state index contributed by atoms with van der Waals surface area (Å²) >= 11 is 0. The van der Waals surface area contributed by atoms with Gasteiger partial charge in [-0.15, -0.1) is 0 Å². The fourth-order valence-electron chi connectivity index (χ4n) is 2.01. The molecule has 2 aromatic carbocycles. The molecule has 0 amide bonds. The maximum Gasteiger partial charge on any atom is 0.162 e. The first-order valence-electron chi connectivity index (χ1n) is 7.99. The largest absolute Gasteiger partial charge is 0.508 e. The summed E-state index contributed by atoms with van der Waals surface area (Å²) < 4.78 is 0. The smallest absolute Gasteiger partial charge is 0.162 e. The van der Waals surface area contributed by atoms with Gasteiger partial charge in [0.2, 0.25) is 0 Å². The van der Waals surface area contributed by atoms with E-state index in [4.69, 9.17) is 5.11 Å². The first-order valence-corrected chi connectivity index (χ1v) is 7.99. The van der Waals surface area contributed by atoms with Crippen LogP contribution in [-0.4, -0.2) is 16.7 Å². The van der Waals surface area contributed by atoms with Crippen molar-refractivity contribution in [2.45, 2.75) is 39.5 Å². The van der Waals surface area contributed by atoms with E-state index < -0.39 is 0 Å². The van der Waals surface area contributed by atoms with E-state index in [2.05, 4.69) is 0 Å². The molecule has 0 unspecified atom stereocenters. The van der Waals surface area contributed by atoms with E-state index >= 15 is 0 Å². The lowest BCUT2D eigenvalue weighted by Crippen LogP contribution is -1.96. The van der Waals surface area contributed by atoms with Crippen molar-refractivity contribution in [2.24, 2.45) is 0 Å². The van der Waals surface area contributed by atoms with E-state index in [1.54, 1.807) is 12.1 Å². The number of benzene rings is 2. The van der Waals surface area contributed by atoms with Gasteiger partial charge < -0.3 is 5.11 Å². The lowest BCUT2D eigenvalue weighted by Gasteiger charge is -1.98. The van der Waals surface area contributed by atoms with E-state index in [0.29, 0.717) is 18.4 Å². The van der Waals surface area contributed by atoms with Crippen LogP contribution in [0.25, 0.3) is 0 Å². The Morgan fingerprint density at radius 3 is 1.61 bits per heavy atom. The molecule has 3 nitrogen and oxygen atoms in total. The highest BCUT2D eigenvalue weighted by molar-refractivity contribution is 5.96. The van der Waals surface area contributed by atoms with Gasteiger partial charge in [-0.3, -0.25) is 9.59 Å². The number of phenols is 1. The van der Waals surface area contributed by atoms with E-state index in [1.165, 1.54) is 12.1 Å². The lowest BCUT2D eigenvalue weighted by molar-refractivity contribution is 0.0973. The molecule has 0 aliphatic heterocycles. The molecule has 0 radical (unpaired) electrons. The molecule has 0 aromatic heterocycles. The van der Waals surface area contributed by atoms with Gasteiger partial charge in [-0.1, -0.05) is 44.2 Å². The van der Waals surface area contributed by atoms with Crippen molar-refractivity contribution in [3.8, 4) is 5.75 Å². The molecule has 0 atom stereocenters. The molecule has 1 N–H and O–H groups in total. The second-order valence-corrected chi connectivity index (χ2v) is 5.26. The van der Waals surface area contributed by atoms with E-state index in [0.717, 1.165) is 18.4 Å². The molecule has 2 aromatic rings.